The molecular weight excluding hydrogens is 260 g/mol. The van der Waals surface area contributed by atoms with Crippen molar-refractivity contribution in [2.75, 3.05) is 13.6 Å². The van der Waals surface area contributed by atoms with Crippen LogP contribution in [0.5, 0.6) is 0 Å². The second-order valence-electron chi connectivity index (χ2n) is 6.29. The average molecular weight is 288 g/mol. The summed E-state index contributed by atoms with van der Waals surface area (Å²) in [6.45, 7) is 3.21. The Morgan fingerprint density at radius 3 is 2.81 bits per heavy atom. The molecule has 0 radical (unpaired) electrons. The monoisotopic (exact) mass is 288 g/mol. The molecule has 0 saturated heterocycles. The number of hydrogen-bond donors (Lipinski definition) is 2. The Morgan fingerprint density at radius 1 is 1.19 bits per heavy atom. The van der Waals surface area contributed by atoms with Crippen molar-refractivity contribution in [1.82, 2.24) is 10.6 Å². The Morgan fingerprint density at radius 2 is 2.00 bits per heavy atom. The third-order valence-electron chi connectivity index (χ3n) is 4.50. The van der Waals surface area contributed by atoms with Gasteiger partial charge in [0, 0.05) is 11.6 Å². The molecule has 1 amide bonds. The molecular formula is C18H28N2O. The standard InChI is InChI=1S/C18H28N2O/c1-14-6-5-8-16(11-10-14)20-18(21)17-9-4-3-7-15(17)12-13-19-2/h3-4,7,9,14,16,19H,5-6,8,10-13H2,1-2H3,(H,20,21). The summed E-state index contributed by atoms with van der Waals surface area (Å²) in [7, 11) is 1.94. The summed E-state index contributed by atoms with van der Waals surface area (Å²) in [5.74, 6) is 0.899. The predicted octanol–water partition coefficient (Wildman–Crippen LogP) is 3.15. The summed E-state index contributed by atoms with van der Waals surface area (Å²) >= 11 is 0. The van der Waals surface area contributed by atoms with Gasteiger partial charge in [0.1, 0.15) is 0 Å². The Bertz CT molecular complexity index is 458. The van der Waals surface area contributed by atoms with E-state index in [1.54, 1.807) is 0 Å². The van der Waals surface area contributed by atoms with Crippen molar-refractivity contribution < 1.29 is 4.79 Å². The van der Waals surface area contributed by atoms with E-state index in [0.29, 0.717) is 6.04 Å². The Kier molecular flexibility index (Phi) is 6.24. The molecule has 0 spiro atoms. The van der Waals surface area contributed by atoms with Gasteiger partial charge in [-0.3, -0.25) is 4.79 Å². The van der Waals surface area contributed by atoms with Crippen LogP contribution in [-0.2, 0) is 6.42 Å². The van der Waals surface area contributed by atoms with Crippen LogP contribution < -0.4 is 10.6 Å². The zero-order valence-corrected chi connectivity index (χ0v) is 13.3. The summed E-state index contributed by atoms with van der Waals surface area (Å²) in [6.07, 6.45) is 6.88. The molecule has 1 aliphatic carbocycles. The maximum atomic E-state index is 12.6. The Labute approximate surface area is 128 Å². The molecule has 0 bridgehead atoms. The second-order valence-corrected chi connectivity index (χ2v) is 6.29. The fourth-order valence-electron chi connectivity index (χ4n) is 3.11. The average Bonchev–Trinajstić information content (AvgIpc) is 2.70. The van der Waals surface area contributed by atoms with Crippen molar-refractivity contribution in [3.05, 3.63) is 35.4 Å². The lowest BCUT2D eigenvalue weighted by atomic mass is 10.0. The molecule has 1 aromatic carbocycles. The van der Waals surface area contributed by atoms with Crippen molar-refractivity contribution >= 4 is 5.91 Å². The minimum Gasteiger partial charge on any atom is -0.349 e. The molecule has 1 fully saturated rings. The van der Waals surface area contributed by atoms with Gasteiger partial charge in [-0.2, -0.15) is 0 Å². The molecule has 0 aromatic heterocycles. The van der Waals surface area contributed by atoms with Gasteiger partial charge in [0.15, 0.2) is 0 Å². The van der Waals surface area contributed by atoms with Crippen LogP contribution in [0.2, 0.25) is 0 Å². The molecule has 3 nitrogen and oxygen atoms in total. The summed E-state index contributed by atoms with van der Waals surface area (Å²) < 4.78 is 0. The van der Waals surface area contributed by atoms with Gasteiger partial charge in [-0.05, 0) is 56.8 Å². The van der Waals surface area contributed by atoms with Gasteiger partial charge in [0.25, 0.3) is 5.91 Å². The minimum absolute atomic E-state index is 0.0984. The van der Waals surface area contributed by atoms with Gasteiger partial charge in [-0.25, -0.2) is 0 Å². The molecule has 1 saturated carbocycles. The first-order chi connectivity index (χ1) is 10.2. The third kappa shape index (κ3) is 4.85. The van der Waals surface area contributed by atoms with E-state index in [0.717, 1.165) is 42.9 Å². The number of nitrogens with one attached hydrogen (secondary N) is 2. The lowest BCUT2D eigenvalue weighted by Crippen LogP contribution is -2.35. The number of carbonyl (C=O) groups excluding carboxylic acids is 1. The summed E-state index contributed by atoms with van der Waals surface area (Å²) in [5, 5.41) is 6.40. The molecule has 116 valence electrons. The SMILES string of the molecule is CNCCc1ccccc1C(=O)NC1CCCC(C)CC1. The van der Waals surface area contributed by atoms with Crippen molar-refractivity contribution in [1.29, 1.82) is 0 Å². The van der Waals surface area contributed by atoms with E-state index in [9.17, 15) is 4.79 Å². The topological polar surface area (TPSA) is 41.1 Å². The fourth-order valence-corrected chi connectivity index (χ4v) is 3.11. The molecule has 1 aromatic rings. The Balaban J connectivity index is 1.99. The molecule has 2 atom stereocenters. The maximum absolute atomic E-state index is 12.6. The fraction of sp³-hybridized carbons (Fsp3) is 0.611. The van der Waals surface area contributed by atoms with Gasteiger partial charge < -0.3 is 10.6 Å². The van der Waals surface area contributed by atoms with Crippen LogP contribution in [0.15, 0.2) is 24.3 Å². The molecule has 0 aliphatic heterocycles. The highest BCUT2D eigenvalue weighted by atomic mass is 16.1. The third-order valence-corrected chi connectivity index (χ3v) is 4.50. The first-order valence-electron chi connectivity index (χ1n) is 8.24. The van der Waals surface area contributed by atoms with Crippen LogP contribution in [0.1, 0.15) is 54.9 Å². The van der Waals surface area contributed by atoms with Gasteiger partial charge in [-0.15, -0.1) is 0 Å². The lowest BCUT2D eigenvalue weighted by Gasteiger charge is -2.18. The Hall–Kier alpha value is -1.35. The van der Waals surface area contributed by atoms with E-state index >= 15 is 0 Å². The number of amides is 1. The number of carbonyl (C=O) groups is 1. The first kappa shape index (κ1) is 16.0. The molecule has 1 aliphatic rings. The summed E-state index contributed by atoms with van der Waals surface area (Å²) in [6, 6.07) is 8.31. The van der Waals surface area contributed by atoms with Crippen molar-refractivity contribution in [3.8, 4) is 0 Å². The van der Waals surface area contributed by atoms with Crippen molar-refractivity contribution in [2.45, 2.75) is 51.5 Å². The maximum Gasteiger partial charge on any atom is 0.251 e. The van der Waals surface area contributed by atoms with E-state index in [2.05, 4.69) is 23.6 Å². The highest BCUT2D eigenvalue weighted by Crippen LogP contribution is 2.23. The van der Waals surface area contributed by atoms with Gasteiger partial charge in [-0.1, -0.05) is 38.0 Å². The second kappa shape index (κ2) is 8.18. The highest BCUT2D eigenvalue weighted by molar-refractivity contribution is 5.95. The minimum atomic E-state index is 0.0984. The van der Waals surface area contributed by atoms with Crippen LogP contribution in [0.4, 0.5) is 0 Å². The highest BCUT2D eigenvalue weighted by Gasteiger charge is 2.19. The smallest absolute Gasteiger partial charge is 0.251 e. The first-order valence-corrected chi connectivity index (χ1v) is 8.24. The van der Waals surface area contributed by atoms with Crippen LogP contribution in [0, 0.1) is 5.92 Å². The largest absolute Gasteiger partial charge is 0.349 e. The zero-order chi connectivity index (χ0) is 15.1. The van der Waals surface area contributed by atoms with E-state index in [1.807, 2.05) is 25.2 Å². The predicted molar refractivity (Wildman–Crippen MR) is 87.6 cm³/mol. The molecule has 0 heterocycles. The number of benzene rings is 1. The molecule has 2 unspecified atom stereocenters. The van der Waals surface area contributed by atoms with E-state index in [1.165, 1.54) is 19.3 Å². The van der Waals surface area contributed by atoms with E-state index in [-0.39, 0.29) is 5.91 Å². The zero-order valence-electron chi connectivity index (χ0n) is 13.3. The van der Waals surface area contributed by atoms with E-state index < -0.39 is 0 Å². The normalized spacial score (nSPS) is 22.6. The number of likely N-dealkylation sites (N-methyl/N-ethyl adjacent to an activating group) is 1. The molecule has 2 rings (SSSR count). The van der Waals surface area contributed by atoms with Crippen LogP contribution >= 0.6 is 0 Å². The lowest BCUT2D eigenvalue weighted by molar-refractivity contribution is 0.0932. The van der Waals surface area contributed by atoms with Crippen LogP contribution in [0.3, 0.4) is 0 Å². The summed E-state index contributed by atoms with van der Waals surface area (Å²) in [4.78, 5) is 12.6. The van der Waals surface area contributed by atoms with Gasteiger partial charge in [0.05, 0.1) is 0 Å². The van der Waals surface area contributed by atoms with E-state index in [4.69, 9.17) is 0 Å². The van der Waals surface area contributed by atoms with Crippen LogP contribution in [-0.4, -0.2) is 25.5 Å². The number of hydrogen-bond acceptors (Lipinski definition) is 2. The molecule has 3 heteroatoms. The summed E-state index contributed by atoms with van der Waals surface area (Å²) in [5.41, 5.74) is 1.97. The van der Waals surface area contributed by atoms with Gasteiger partial charge in [0.2, 0.25) is 0 Å². The molecule has 2 N–H and O–H groups in total. The number of rotatable bonds is 5. The molecule has 21 heavy (non-hydrogen) atoms. The van der Waals surface area contributed by atoms with Crippen molar-refractivity contribution in [3.63, 3.8) is 0 Å². The van der Waals surface area contributed by atoms with Crippen LogP contribution in [0.25, 0.3) is 0 Å². The van der Waals surface area contributed by atoms with Crippen molar-refractivity contribution in [2.24, 2.45) is 5.92 Å². The van der Waals surface area contributed by atoms with Gasteiger partial charge >= 0.3 is 0 Å². The quantitative estimate of drug-likeness (QED) is 0.817.